The molecule has 0 radical (unpaired) electrons. The summed E-state index contributed by atoms with van der Waals surface area (Å²) in [6.45, 7) is 5.98. The summed E-state index contributed by atoms with van der Waals surface area (Å²) < 4.78 is 8.81. The van der Waals surface area contributed by atoms with Gasteiger partial charge in [0.15, 0.2) is 5.16 Å². The number of ether oxygens (including phenoxy) is 1. The van der Waals surface area contributed by atoms with Crippen LogP contribution in [0.15, 0.2) is 36.1 Å². The summed E-state index contributed by atoms with van der Waals surface area (Å²) in [6.07, 6.45) is 4.31. The number of methoxy groups -OCH3 is 1. The molecule has 1 N–H and O–H groups in total. The van der Waals surface area contributed by atoms with Gasteiger partial charge in [0.05, 0.1) is 23.3 Å². The lowest BCUT2D eigenvalue weighted by Crippen LogP contribution is -2.21. The van der Waals surface area contributed by atoms with Gasteiger partial charge in [0.2, 0.25) is 5.91 Å². The molecule has 0 saturated heterocycles. The number of amides is 2. The number of nitrogens with one attached hydrogen (secondary N) is 1. The van der Waals surface area contributed by atoms with E-state index in [1.165, 1.54) is 23.8 Å². The fourth-order valence-electron chi connectivity index (χ4n) is 3.36. The van der Waals surface area contributed by atoms with E-state index in [1.807, 2.05) is 34.5 Å². The number of hydrogen-bond donors (Lipinski definition) is 1. The Balaban J connectivity index is 1.77. The van der Waals surface area contributed by atoms with E-state index in [-0.39, 0.29) is 28.1 Å². The average Bonchev–Trinajstić information content (AvgIpc) is 3.50. The number of rotatable bonds is 10. The molecule has 0 aromatic carbocycles. The predicted octanol–water partition coefficient (Wildman–Crippen LogP) is 2.98. The summed E-state index contributed by atoms with van der Waals surface area (Å²) in [5.74, 6) is -0.412. The molecule has 0 bridgehead atoms. The van der Waals surface area contributed by atoms with Crippen LogP contribution in [0.4, 0.5) is 5.00 Å². The van der Waals surface area contributed by atoms with Crippen molar-refractivity contribution in [2.75, 3.05) is 32.3 Å². The molecular formula is C23H28N6O4S2. The van der Waals surface area contributed by atoms with Gasteiger partial charge in [-0.15, -0.1) is 28.1 Å². The second-order valence-electron chi connectivity index (χ2n) is 7.87. The Kier molecular flexibility index (Phi) is 8.52. The fourth-order valence-corrected chi connectivity index (χ4v) is 5.36. The van der Waals surface area contributed by atoms with Crippen LogP contribution in [0.3, 0.4) is 0 Å². The van der Waals surface area contributed by atoms with Crippen LogP contribution in [0.25, 0.3) is 0 Å². The summed E-state index contributed by atoms with van der Waals surface area (Å²) in [6, 6.07) is 3.99. The van der Waals surface area contributed by atoms with Crippen molar-refractivity contribution < 1.29 is 19.1 Å². The molecule has 3 rings (SSSR count). The maximum absolute atomic E-state index is 12.8. The van der Waals surface area contributed by atoms with Crippen molar-refractivity contribution in [2.24, 2.45) is 7.05 Å². The van der Waals surface area contributed by atoms with Crippen molar-refractivity contribution in [3.63, 3.8) is 0 Å². The minimum absolute atomic E-state index is 0.0357. The van der Waals surface area contributed by atoms with E-state index in [1.54, 1.807) is 27.1 Å². The number of allylic oxidation sites excluding steroid dienone is 1. The first-order valence-electron chi connectivity index (χ1n) is 10.7. The zero-order chi connectivity index (χ0) is 25.7. The van der Waals surface area contributed by atoms with Gasteiger partial charge < -0.3 is 24.1 Å². The first kappa shape index (κ1) is 26.2. The van der Waals surface area contributed by atoms with Crippen molar-refractivity contribution in [3.8, 4) is 0 Å². The van der Waals surface area contributed by atoms with Crippen LogP contribution in [-0.2, 0) is 29.5 Å². The van der Waals surface area contributed by atoms with Crippen LogP contribution >= 0.6 is 23.1 Å². The highest BCUT2D eigenvalue weighted by Gasteiger charge is 2.27. The van der Waals surface area contributed by atoms with Crippen LogP contribution in [0.5, 0.6) is 0 Å². The molecular weight excluding hydrogens is 488 g/mol. The molecule has 0 atom stereocenters. The van der Waals surface area contributed by atoms with Gasteiger partial charge in [-0.3, -0.25) is 9.59 Å². The monoisotopic (exact) mass is 516 g/mol. The quantitative estimate of drug-likeness (QED) is 0.250. The second kappa shape index (κ2) is 11.4. The molecule has 3 aromatic heterocycles. The van der Waals surface area contributed by atoms with E-state index in [2.05, 4.69) is 22.1 Å². The number of thiophene rings is 1. The van der Waals surface area contributed by atoms with Gasteiger partial charge in [-0.1, -0.05) is 17.8 Å². The molecule has 0 aliphatic rings. The summed E-state index contributed by atoms with van der Waals surface area (Å²) in [7, 11) is 6.48. The standard InChI is InChI=1S/C23H28N6O4S2/c1-7-10-29-16(12-15-9-8-11-28(15)5)25-26-23(29)34-13-17(30)24-20-18(22(32)33-6)14(2)19(35-20)21(31)27(3)4/h7-9,11H,1,10,12-13H2,2-6H3,(H,24,30). The first-order chi connectivity index (χ1) is 16.7. The number of aryl methyl sites for hydroxylation is 1. The second-order valence-corrected chi connectivity index (χ2v) is 9.84. The van der Waals surface area contributed by atoms with E-state index in [9.17, 15) is 14.4 Å². The Bertz CT molecular complexity index is 1260. The maximum atomic E-state index is 12.8. The van der Waals surface area contributed by atoms with E-state index in [0.717, 1.165) is 22.9 Å². The fraction of sp³-hybridized carbons (Fsp3) is 0.348. The van der Waals surface area contributed by atoms with E-state index in [0.29, 0.717) is 28.6 Å². The number of nitrogens with zero attached hydrogens (tertiary/aromatic N) is 5. The third-order valence-corrected chi connectivity index (χ3v) is 7.38. The Hall–Kier alpha value is -3.38. The number of anilines is 1. The molecule has 2 amide bonds. The molecule has 0 fully saturated rings. The lowest BCUT2D eigenvalue weighted by Gasteiger charge is -2.09. The molecule has 12 heteroatoms. The lowest BCUT2D eigenvalue weighted by molar-refractivity contribution is -0.113. The molecule has 0 saturated carbocycles. The SMILES string of the molecule is C=CCn1c(Cc2cccn2C)nnc1SCC(=O)Nc1sc(C(=O)N(C)C)c(C)c1C(=O)OC. The zero-order valence-corrected chi connectivity index (χ0v) is 22.0. The topological polar surface area (TPSA) is 111 Å². The van der Waals surface area contributed by atoms with Gasteiger partial charge in [-0.25, -0.2) is 4.79 Å². The molecule has 0 aliphatic carbocycles. The van der Waals surface area contributed by atoms with Gasteiger partial charge in [-0.05, 0) is 24.6 Å². The summed E-state index contributed by atoms with van der Waals surface area (Å²) in [5.41, 5.74) is 1.74. The summed E-state index contributed by atoms with van der Waals surface area (Å²) >= 11 is 2.28. The number of esters is 1. The first-order valence-corrected chi connectivity index (χ1v) is 12.5. The van der Waals surface area contributed by atoms with E-state index >= 15 is 0 Å². The number of hydrogen-bond acceptors (Lipinski definition) is 8. The van der Waals surface area contributed by atoms with Crippen molar-refractivity contribution in [2.45, 2.75) is 25.0 Å². The van der Waals surface area contributed by atoms with Crippen molar-refractivity contribution in [3.05, 3.63) is 58.5 Å². The number of thioether (sulfide) groups is 1. The molecule has 0 aliphatic heterocycles. The molecule has 10 nitrogen and oxygen atoms in total. The normalized spacial score (nSPS) is 10.8. The van der Waals surface area contributed by atoms with Crippen molar-refractivity contribution in [1.29, 1.82) is 0 Å². The predicted molar refractivity (Wildman–Crippen MR) is 136 cm³/mol. The zero-order valence-electron chi connectivity index (χ0n) is 20.3. The van der Waals surface area contributed by atoms with E-state index in [4.69, 9.17) is 4.74 Å². The van der Waals surface area contributed by atoms with Crippen LogP contribution in [0.2, 0.25) is 0 Å². The minimum atomic E-state index is -0.615. The van der Waals surface area contributed by atoms with Crippen LogP contribution in [0, 0.1) is 6.92 Å². The highest BCUT2D eigenvalue weighted by atomic mass is 32.2. The van der Waals surface area contributed by atoms with Gasteiger partial charge in [0.25, 0.3) is 5.91 Å². The van der Waals surface area contributed by atoms with Crippen molar-refractivity contribution in [1.82, 2.24) is 24.2 Å². The number of carbonyl (C=O) groups excluding carboxylic acids is 3. The summed E-state index contributed by atoms with van der Waals surface area (Å²) in [4.78, 5) is 39.5. The number of aromatic nitrogens is 4. The van der Waals surface area contributed by atoms with Gasteiger partial charge >= 0.3 is 5.97 Å². The Morgan fingerprint density at radius 2 is 2.06 bits per heavy atom. The Morgan fingerprint density at radius 3 is 2.66 bits per heavy atom. The number of carbonyl (C=O) groups is 3. The smallest absolute Gasteiger partial charge is 0.341 e. The molecule has 186 valence electrons. The van der Waals surface area contributed by atoms with Crippen LogP contribution in [0.1, 0.15) is 37.1 Å². The maximum Gasteiger partial charge on any atom is 0.341 e. The van der Waals surface area contributed by atoms with Crippen LogP contribution < -0.4 is 5.32 Å². The highest BCUT2D eigenvalue weighted by molar-refractivity contribution is 7.99. The van der Waals surface area contributed by atoms with Crippen LogP contribution in [-0.4, -0.2) is 69.0 Å². The third kappa shape index (κ3) is 5.82. The lowest BCUT2D eigenvalue weighted by atomic mass is 10.1. The minimum Gasteiger partial charge on any atom is -0.465 e. The molecule has 35 heavy (non-hydrogen) atoms. The van der Waals surface area contributed by atoms with Crippen molar-refractivity contribution >= 4 is 45.9 Å². The summed E-state index contributed by atoms with van der Waals surface area (Å²) in [5, 5.41) is 12.2. The Labute approximate surface area is 212 Å². The van der Waals surface area contributed by atoms with Gasteiger partial charge in [-0.2, -0.15) is 0 Å². The van der Waals surface area contributed by atoms with Gasteiger partial charge in [0, 0.05) is 46.0 Å². The molecule has 3 heterocycles. The molecule has 0 spiro atoms. The largest absolute Gasteiger partial charge is 0.465 e. The Morgan fingerprint density at radius 1 is 1.31 bits per heavy atom. The average molecular weight is 517 g/mol. The third-order valence-electron chi connectivity index (χ3n) is 5.22. The van der Waals surface area contributed by atoms with Gasteiger partial charge in [0.1, 0.15) is 10.8 Å². The van der Waals surface area contributed by atoms with E-state index < -0.39 is 5.97 Å². The molecule has 3 aromatic rings. The molecule has 0 unspecified atom stereocenters. The highest BCUT2D eigenvalue weighted by Crippen LogP contribution is 2.34.